The summed E-state index contributed by atoms with van der Waals surface area (Å²) in [4.78, 5) is 12.6. The lowest BCUT2D eigenvalue weighted by atomic mass is 10.1. The normalized spacial score (nSPS) is 10.6. The highest BCUT2D eigenvalue weighted by molar-refractivity contribution is 9.10. The summed E-state index contributed by atoms with van der Waals surface area (Å²) < 4.78 is 13.9. The Morgan fingerprint density at radius 1 is 1.19 bits per heavy atom. The Morgan fingerprint density at radius 3 is 2.47 bits per heavy atom. The van der Waals surface area contributed by atoms with E-state index in [0.29, 0.717) is 23.3 Å². The lowest BCUT2D eigenvalue weighted by molar-refractivity contribution is -0.113. The predicted molar refractivity (Wildman–Crippen MR) is 131 cm³/mol. The average molecular weight is 517 g/mol. The standard InChI is InChI=1S/C23H25BrN4O3S/c1-5-10-28-20(13-31-19-8-6-18(30-4)7-9-19)26-27-23(28)32-14-21(29)25-22-15(2)11-17(24)12-16(22)3/h5-9,11-12H,1,10,13-14H2,2-4H3,(H,25,29). The molecule has 3 aromatic rings. The summed E-state index contributed by atoms with van der Waals surface area (Å²) in [7, 11) is 1.62. The van der Waals surface area contributed by atoms with Gasteiger partial charge in [-0.1, -0.05) is 33.8 Å². The number of amides is 1. The molecule has 0 aliphatic heterocycles. The molecule has 2 aromatic carbocycles. The number of allylic oxidation sites excluding steroid dienone is 1. The van der Waals surface area contributed by atoms with Crippen LogP contribution in [0.2, 0.25) is 0 Å². The number of ether oxygens (including phenoxy) is 2. The monoisotopic (exact) mass is 516 g/mol. The molecule has 9 heteroatoms. The van der Waals surface area contributed by atoms with Crippen LogP contribution in [0.15, 0.2) is 58.7 Å². The van der Waals surface area contributed by atoms with Crippen LogP contribution in [-0.2, 0) is 17.9 Å². The van der Waals surface area contributed by atoms with Gasteiger partial charge in [0.25, 0.3) is 0 Å². The van der Waals surface area contributed by atoms with Crippen molar-refractivity contribution < 1.29 is 14.3 Å². The first-order valence-electron chi connectivity index (χ1n) is 9.90. The maximum Gasteiger partial charge on any atom is 0.234 e. The van der Waals surface area contributed by atoms with Crippen LogP contribution in [0.5, 0.6) is 11.5 Å². The summed E-state index contributed by atoms with van der Waals surface area (Å²) in [5.74, 6) is 2.23. The fraction of sp³-hybridized carbons (Fsp3) is 0.261. The molecule has 32 heavy (non-hydrogen) atoms. The molecule has 3 rings (SSSR count). The quantitative estimate of drug-likeness (QED) is 0.296. The topological polar surface area (TPSA) is 78.3 Å². The molecule has 0 bridgehead atoms. The van der Waals surface area contributed by atoms with Gasteiger partial charge in [0, 0.05) is 16.7 Å². The second kappa shape index (κ2) is 11.2. The highest BCUT2D eigenvalue weighted by atomic mass is 79.9. The van der Waals surface area contributed by atoms with Crippen LogP contribution in [0.25, 0.3) is 0 Å². The summed E-state index contributed by atoms with van der Waals surface area (Å²) in [6, 6.07) is 11.3. The third-order valence-corrected chi connectivity index (χ3v) is 6.05. The minimum atomic E-state index is -0.104. The number of methoxy groups -OCH3 is 1. The molecule has 1 heterocycles. The Morgan fingerprint density at radius 2 is 1.84 bits per heavy atom. The van der Waals surface area contributed by atoms with E-state index in [-0.39, 0.29) is 18.3 Å². The van der Waals surface area contributed by atoms with Crippen molar-refractivity contribution in [3.05, 3.63) is 70.5 Å². The fourth-order valence-electron chi connectivity index (χ4n) is 3.08. The number of halogens is 1. The van der Waals surface area contributed by atoms with Gasteiger partial charge in [0.15, 0.2) is 11.0 Å². The molecule has 0 saturated carbocycles. The smallest absolute Gasteiger partial charge is 0.234 e. The average Bonchev–Trinajstić information content (AvgIpc) is 3.15. The number of hydrogen-bond acceptors (Lipinski definition) is 6. The van der Waals surface area contributed by atoms with E-state index in [4.69, 9.17) is 9.47 Å². The van der Waals surface area contributed by atoms with Crippen LogP contribution in [0, 0.1) is 13.8 Å². The zero-order chi connectivity index (χ0) is 23.1. The number of carbonyl (C=O) groups is 1. The summed E-state index contributed by atoms with van der Waals surface area (Å²) >= 11 is 4.80. The molecular formula is C23H25BrN4O3S. The highest BCUT2D eigenvalue weighted by Crippen LogP contribution is 2.26. The molecule has 0 aliphatic rings. The summed E-state index contributed by atoms with van der Waals surface area (Å²) in [5, 5.41) is 12.1. The van der Waals surface area contributed by atoms with Crippen LogP contribution < -0.4 is 14.8 Å². The fourth-order valence-corrected chi connectivity index (χ4v) is 4.53. The number of aromatic nitrogens is 3. The predicted octanol–water partition coefficient (Wildman–Crippen LogP) is 5.16. The third-order valence-electron chi connectivity index (χ3n) is 4.63. The van der Waals surface area contributed by atoms with E-state index in [1.54, 1.807) is 13.2 Å². The van der Waals surface area contributed by atoms with Gasteiger partial charge in [-0.3, -0.25) is 9.36 Å². The third kappa shape index (κ3) is 6.14. The maximum absolute atomic E-state index is 12.6. The van der Waals surface area contributed by atoms with Crippen molar-refractivity contribution in [2.45, 2.75) is 32.2 Å². The second-order valence-corrected chi connectivity index (χ2v) is 8.87. The Balaban J connectivity index is 1.63. The van der Waals surface area contributed by atoms with Gasteiger partial charge in [0.1, 0.15) is 18.1 Å². The van der Waals surface area contributed by atoms with E-state index in [1.807, 2.05) is 54.8 Å². The largest absolute Gasteiger partial charge is 0.497 e. The van der Waals surface area contributed by atoms with E-state index in [2.05, 4.69) is 38.0 Å². The van der Waals surface area contributed by atoms with Crippen LogP contribution in [0.1, 0.15) is 17.0 Å². The minimum Gasteiger partial charge on any atom is -0.497 e. The molecule has 0 radical (unpaired) electrons. The van der Waals surface area contributed by atoms with Crippen LogP contribution in [-0.4, -0.2) is 33.5 Å². The number of nitrogens with zero attached hydrogens (tertiary/aromatic N) is 3. The first-order valence-corrected chi connectivity index (χ1v) is 11.7. The molecule has 1 amide bonds. The number of carbonyl (C=O) groups excluding carboxylic acids is 1. The highest BCUT2D eigenvalue weighted by Gasteiger charge is 2.15. The first kappa shape index (κ1) is 23.9. The second-order valence-electron chi connectivity index (χ2n) is 7.01. The van der Waals surface area contributed by atoms with Gasteiger partial charge in [-0.05, 0) is 61.4 Å². The number of rotatable bonds is 10. The lowest BCUT2D eigenvalue weighted by Crippen LogP contribution is -2.16. The van der Waals surface area contributed by atoms with E-state index in [9.17, 15) is 4.79 Å². The first-order chi connectivity index (χ1) is 15.4. The zero-order valence-electron chi connectivity index (χ0n) is 18.2. The van der Waals surface area contributed by atoms with Crippen molar-refractivity contribution in [1.29, 1.82) is 0 Å². The van der Waals surface area contributed by atoms with Gasteiger partial charge >= 0.3 is 0 Å². The summed E-state index contributed by atoms with van der Waals surface area (Å²) in [5.41, 5.74) is 2.84. The Bertz CT molecular complexity index is 1080. The van der Waals surface area contributed by atoms with E-state index >= 15 is 0 Å². The number of anilines is 1. The van der Waals surface area contributed by atoms with E-state index in [1.165, 1.54) is 11.8 Å². The van der Waals surface area contributed by atoms with E-state index < -0.39 is 0 Å². The van der Waals surface area contributed by atoms with Gasteiger partial charge in [-0.2, -0.15) is 0 Å². The zero-order valence-corrected chi connectivity index (χ0v) is 20.6. The molecular weight excluding hydrogens is 492 g/mol. The molecule has 0 saturated heterocycles. The Labute approximate surface area is 200 Å². The number of hydrogen-bond donors (Lipinski definition) is 1. The lowest BCUT2D eigenvalue weighted by Gasteiger charge is -2.12. The number of thioether (sulfide) groups is 1. The number of nitrogens with one attached hydrogen (secondary N) is 1. The molecule has 1 aromatic heterocycles. The van der Waals surface area contributed by atoms with Crippen LogP contribution >= 0.6 is 27.7 Å². The number of aryl methyl sites for hydroxylation is 2. The van der Waals surface area contributed by atoms with E-state index in [0.717, 1.165) is 27.0 Å². The van der Waals surface area contributed by atoms with Crippen molar-refractivity contribution in [1.82, 2.24) is 14.8 Å². The Kier molecular flexibility index (Phi) is 8.35. The molecule has 0 fully saturated rings. The van der Waals surface area contributed by atoms with Gasteiger partial charge in [0.2, 0.25) is 5.91 Å². The summed E-state index contributed by atoms with van der Waals surface area (Å²) in [6.07, 6.45) is 1.76. The van der Waals surface area contributed by atoms with Crippen molar-refractivity contribution >= 4 is 39.3 Å². The minimum absolute atomic E-state index is 0.104. The molecule has 0 atom stereocenters. The van der Waals surface area contributed by atoms with Crippen molar-refractivity contribution in [2.75, 3.05) is 18.2 Å². The molecule has 0 spiro atoms. The van der Waals surface area contributed by atoms with Crippen LogP contribution in [0.4, 0.5) is 5.69 Å². The van der Waals surface area contributed by atoms with Crippen LogP contribution in [0.3, 0.4) is 0 Å². The molecule has 0 unspecified atom stereocenters. The Hall–Kier alpha value is -2.78. The molecule has 1 N–H and O–H groups in total. The number of benzene rings is 2. The van der Waals surface area contributed by atoms with Gasteiger partial charge < -0.3 is 14.8 Å². The SMILES string of the molecule is C=CCn1c(COc2ccc(OC)cc2)nnc1SCC(=O)Nc1c(C)cc(Br)cc1C. The van der Waals surface area contributed by atoms with Gasteiger partial charge in [-0.15, -0.1) is 16.8 Å². The molecule has 0 aliphatic carbocycles. The van der Waals surface area contributed by atoms with Crippen molar-refractivity contribution in [2.24, 2.45) is 0 Å². The summed E-state index contributed by atoms with van der Waals surface area (Å²) in [6.45, 7) is 8.51. The van der Waals surface area contributed by atoms with Crippen molar-refractivity contribution in [3.8, 4) is 11.5 Å². The molecule has 7 nitrogen and oxygen atoms in total. The van der Waals surface area contributed by atoms with Gasteiger partial charge in [0.05, 0.1) is 12.9 Å². The molecule has 168 valence electrons. The van der Waals surface area contributed by atoms with Crippen molar-refractivity contribution in [3.63, 3.8) is 0 Å². The maximum atomic E-state index is 12.6. The van der Waals surface area contributed by atoms with Gasteiger partial charge in [-0.25, -0.2) is 0 Å².